The van der Waals surface area contributed by atoms with E-state index in [9.17, 15) is 0 Å². The molecule has 0 aromatic heterocycles. The summed E-state index contributed by atoms with van der Waals surface area (Å²) in [5, 5.41) is 0. The lowest BCUT2D eigenvalue weighted by molar-refractivity contribution is 0.232. The van der Waals surface area contributed by atoms with Gasteiger partial charge < -0.3 is 9.80 Å². The molecule has 0 radical (unpaired) electrons. The SMILES string of the molecule is CC1=C(C2=C(C)CC(N(C3=CCCc4ccccc43)C3CC=CCC3)C=C2)C=CC(N(C2=C3C=CCCC3CC=C2)c2ccccc2)C1. The van der Waals surface area contributed by atoms with Crippen molar-refractivity contribution in [1.29, 1.82) is 0 Å². The predicted octanol–water partition coefficient (Wildman–Crippen LogP) is 11.4. The summed E-state index contributed by atoms with van der Waals surface area (Å²) >= 11 is 0. The normalized spacial score (nSPS) is 26.4. The highest BCUT2D eigenvalue weighted by molar-refractivity contribution is 5.70. The van der Waals surface area contributed by atoms with Crippen molar-refractivity contribution < 1.29 is 0 Å². The van der Waals surface area contributed by atoms with Crippen molar-refractivity contribution in [2.45, 2.75) is 96.2 Å². The van der Waals surface area contributed by atoms with Crippen molar-refractivity contribution in [3.05, 3.63) is 166 Å². The van der Waals surface area contributed by atoms with Crippen LogP contribution in [0.5, 0.6) is 0 Å². The van der Waals surface area contributed by atoms with Crippen LogP contribution in [0.1, 0.15) is 82.8 Å². The van der Waals surface area contributed by atoms with Crippen molar-refractivity contribution in [2.75, 3.05) is 4.90 Å². The van der Waals surface area contributed by atoms with Crippen LogP contribution in [0.15, 0.2) is 155 Å². The van der Waals surface area contributed by atoms with E-state index in [4.69, 9.17) is 0 Å². The zero-order valence-corrected chi connectivity index (χ0v) is 28.8. The summed E-state index contributed by atoms with van der Waals surface area (Å²) in [5.41, 5.74) is 14.4. The summed E-state index contributed by atoms with van der Waals surface area (Å²) in [5.74, 6) is 0.635. The van der Waals surface area contributed by atoms with Gasteiger partial charge in [-0.15, -0.1) is 0 Å². The maximum absolute atomic E-state index is 2.81. The van der Waals surface area contributed by atoms with E-state index < -0.39 is 0 Å². The Morgan fingerprint density at radius 3 is 2.19 bits per heavy atom. The molecule has 0 N–H and O–H groups in total. The monoisotopic (exact) mass is 630 g/mol. The highest BCUT2D eigenvalue weighted by atomic mass is 15.2. The number of para-hydroxylation sites is 1. The molecule has 6 aliphatic carbocycles. The van der Waals surface area contributed by atoms with Crippen molar-refractivity contribution in [3.8, 4) is 0 Å². The Balaban J connectivity index is 1.08. The fraction of sp³-hybridized carbons (Fsp3) is 0.348. The van der Waals surface area contributed by atoms with Gasteiger partial charge in [0.25, 0.3) is 0 Å². The molecule has 0 bridgehead atoms. The molecule has 0 spiro atoms. The standard InChI is InChI=1S/C46H50N2/c1-33-31-39(47(37-19-5-3-6-20-37)45-25-13-17-35-15-9-11-23-43(35)45)27-29-41(33)42-30-28-40(32-34(42)2)48(38-21-7-4-8-22-38)46-26-14-18-36-16-10-12-24-44(36)46/h3-7,10-13,16,19-20,23-30,35,38-40H,8-9,14-15,17-18,21-22,31-32H2,1-2H3. The molecular formula is C46H50N2. The summed E-state index contributed by atoms with van der Waals surface area (Å²) in [7, 11) is 0. The molecule has 0 heterocycles. The second kappa shape index (κ2) is 13.7. The van der Waals surface area contributed by atoms with E-state index in [2.05, 4.69) is 145 Å². The van der Waals surface area contributed by atoms with E-state index in [1.807, 2.05) is 0 Å². The molecule has 2 aromatic rings. The topological polar surface area (TPSA) is 6.48 Å². The molecule has 0 amide bonds. The third kappa shape index (κ3) is 5.96. The van der Waals surface area contributed by atoms with E-state index in [0.29, 0.717) is 18.0 Å². The molecule has 2 nitrogen and oxygen atoms in total. The van der Waals surface area contributed by atoms with Gasteiger partial charge >= 0.3 is 0 Å². The summed E-state index contributed by atoms with van der Waals surface area (Å²) in [6, 6.07) is 21.4. The van der Waals surface area contributed by atoms with E-state index >= 15 is 0 Å². The van der Waals surface area contributed by atoms with E-state index in [1.165, 1.54) is 81.8 Å². The molecule has 48 heavy (non-hydrogen) atoms. The number of fused-ring (bicyclic) bond motifs is 2. The first-order chi connectivity index (χ1) is 23.7. The maximum atomic E-state index is 2.81. The van der Waals surface area contributed by atoms with Crippen molar-refractivity contribution in [2.24, 2.45) is 5.92 Å². The van der Waals surface area contributed by atoms with Gasteiger partial charge in [0.2, 0.25) is 0 Å². The van der Waals surface area contributed by atoms with Gasteiger partial charge in [0.1, 0.15) is 0 Å². The number of hydrogen-bond donors (Lipinski definition) is 0. The molecular weight excluding hydrogens is 581 g/mol. The van der Waals surface area contributed by atoms with Crippen LogP contribution in [-0.2, 0) is 6.42 Å². The number of allylic oxidation sites excluding steroid dienone is 11. The first-order valence-corrected chi connectivity index (χ1v) is 18.6. The average molecular weight is 631 g/mol. The Bertz CT molecular complexity index is 1820. The first kappa shape index (κ1) is 31.0. The van der Waals surface area contributed by atoms with Crippen LogP contribution >= 0.6 is 0 Å². The minimum Gasteiger partial charge on any atom is -0.361 e. The second-order valence-electron chi connectivity index (χ2n) is 14.6. The predicted molar refractivity (Wildman–Crippen MR) is 203 cm³/mol. The Morgan fingerprint density at radius 1 is 0.646 bits per heavy atom. The molecule has 0 saturated carbocycles. The van der Waals surface area contributed by atoms with Crippen LogP contribution in [-0.4, -0.2) is 23.0 Å². The first-order valence-electron chi connectivity index (χ1n) is 18.6. The van der Waals surface area contributed by atoms with Crippen LogP contribution in [0.4, 0.5) is 5.69 Å². The van der Waals surface area contributed by atoms with E-state index in [-0.39, 0.29) is 6.04 Å². The quantitative estimate of drug-likeness (QED) is 0.281. The highest BCUT2D eigenvalue weighted by Gasteiger charge is 2.33. The molecule has 2 heteroatoms. The van der Waals surface area contributed by atoms with Crippen LogP contribution in [0.25, 0.3) is 5.70 Å². The van der Waals surface area contributed by atoms with Gasteiger partial charge in [-0.25, -0.2) is 0 Å². The lowest BCUT2D eigenvalue weighted by Crippen LogP contribution is -2.43. The highest BCUT2D eigenvalue weighted by Crippen LogP contribution is 2.42. The minimum atomic E-state index is 0.284. The second-order valence-corrected chi connectivity index (χ2v) is 14.6. The smallest absolute Gasteiger partial charge is 0.0562 e. The maximum Gasteiger partial charge on any atom is 0.0562 e. The number of rotatable bonds is 7. The van der Waals surface area contributed by atoms with Crippen molar-refractivity contribution in [3.63, 3.8) is 0 Å². The third-order valence-electron chi connectivity index (χ3n) is 11.6. The van der Waals surface area contributed by atoms with Crippen LogP contribution in [0.3, 0.4) is 0 Å². The van der Waals surface area contributed by atoms with Crippen LogP contribution in [0, 0.1) is 5.92 Å². The van der Waals surface area contributed by atoms with Gasteiger partial charge in [-0.05, 0) is 124 Å². The largest absolute Gasteiger partial charge is 0.361 e. The Morgan fingerprint density at radius 2 is 1.40 bits per heavy atom. The van der Waals surface area contributed by atoms with Crippen LogP contribution in [0.2, 0.25) is 0 Å². The Kier molecular flexibility index (Phi) is 8.83. The van der Waals surface area contributed by atoms with Gasteiger partial charge in [0.15, 0.2) is 0 Å². The van der Waals surface area contributed by atoms with Gasteiger partial charge in [-0.3, -0.25) is 0 Å². The van der Waals surface area contributed by atoms with Crippen LogP contribution < -0.4 is 4.90 Å². The summed E-state index contributed by atoms with van der Waals surface area (Å²) in [6.45, 7) is 4.76. The third-order valence-corrected chi connectivity index (χ3v) is 11.6. The molecule has 244 valence electrons. The molecule has 8 rings (SSSR count). The van der Waals surface area contributed by atoms with E-state index in [0.717, 1.165) is 38.5 Å². The number of aryl methyl sites for hydroxylation is 1. The molecule has 0 saturated heterocycles. The fourth-order valence-corrected chi connectivity index (χ4v) is 9.17. The number of hydrogen-bond acceptors (Lipinski definition) is 2. The molecule has 0 fully saturated rings. The van der Waals surface area contributed by atoms with Crippen molar-refractivity contribution in [1.82, 2.24) is 4.90 Å². The Hall–Kier alpha value is -4.30. The summed E-state index contributed by atoms with van der Waals surface area (Å²) < 4.78 is 0. The molecule has 4 unspecified atom stereocenters. The molecule has 4 atom stereocenters. The van der Waals surface area contributed by atoms with Gasteiger partial charge in [-0.1, -0.05) is 114 Å². The molecule has 0 aliphatic heterocycles. The van der Waals surface area contributed by atoms with Gasteiger partial charge in [0, 0.05) is 28.7 Å². The van der Waals surface area contributed by atoms with Crippen molar-refractivity contribution >= 4 is 11.4 Å². The minimum absolute atomic E-state index is 0.284. The lowest BCUT2D eigenvalue weighted by atomic mass is 9.81. The van der Waals surface area contributed by atoms with Gasteiger partial charge in [-0.2, -0.15) is 0 Å². The zero-order chi connectivity index (χ0) is 32.5. The summed E-state index contributed by atoms with van der Waals surface area (Å²) in [4.78, 5) is 5.42. The zero-order valence-electron chi connectivity index (χ0n) is 28.8. The number of anilines is 1. The number of nitrogens with zero attached hydrogens (tertiary/aromatic N) is 2. The van der Waals surface area contributed by atoms with E-state index in [1.54, 1.807) is 0 Å². The Labute approximate surface area is 288 Å². The molecule has 2 aromatic carbocycles. The fourth-order valence-electron chi connectivity index (χ4n) is 9.17. The number of benzene rings is 2. The van der Waals surface area contributed by atoms with Gasteiger partial charge in [0.05, 0.1) is 12.1 Å². The summed E-state index contributed by atoms with van der Waals surface area (Å²) in [6.07, 6.45) is 38.4. The lowest BCUT2D eigenvalue weighted by Gasteiger charge is -2.44. The molecule has 6 aliphatic rings. The average Bonchev–Trinajstić information content (AvgIpc) is 3.13.